The highest BCUT2D eigenvalue weighted by atomic mass is 16.6. The maximum absolute atomic E-state index is 13.3. The van der Waals surface area contributed by atoms with Crippen molar-refractivity contribution in [1.82, 2.24) is 0 Å². The number of nitrogens with one attached hydrogen (secondary N) is 1. The minimum atomic E-state index is -0.548. The number of nitro benzene ring substituents is 1. The first-order valence-corrected chi connectivity index (χ1v) is 10.7. The molecule has 35 heavy (non-hydrogen) atoms. The average Bonchev–Trinajstić information content (AvgIpc) is 3.29. The van der Waals surface area contributed by atoms with E-state index in [-0.39, 0.29) is 22.4 Å². The van der Waals surface area contributed by atoms with Crippen molar-refractivity contribution in [2.45, 2.75) is 0 Å². The van der Waals surface area contributed by atoms with Gasteiger partial charge in [-0.3, -0.25) is 24.6 Å². The van der Waals surface area contributed by atoms with E-state index in [0.29, 0.717) is 30.2 Å². The molecule has 1 fully saturated rings. The van der Waals surface area contributed by atoms with E-state index >= 15 is 0 Å². The number of ether oxygens (including phenoxy) is 1. The van der Waals surface area contributed by atoms with E-state index in [1.807, 2.05) is 0 Å². The Morgan fingerprint density at radius 3 is 2.43 bits per heavy atom. The minimum Gasteiger partial charge on any atom is -0.447 e. The van der Waals surface area contributed by atoms with Gasteiger partial charge in [-0.2, -0.15) is 0 Å². The van der Waals surface area contributed by atoms with Gasteiger partial charge in [0.2, 0.25) is 0 Å². The Morgan fingerprint density at radius 1 is 1.03 bits per heavy atom. The smallest absolute Gasteiger partial charge is 0.414 e. The number of ketones is 1. The van der Waals surface area contributed by atoms with Crippen molar-refractivity contribution in [3.63, 3.8) is 0 Å². The molecule has 1 aliphatic rings. The first-order chi connectivity index (χ1) is 16.8. The number of hydrogen-bond acceptors (Lipinski definition) is 7. The first kappa shape index (κ1) is 23.4. The van der Waals surface area contributed by atoms with E-state index in [4.69, 9.17) is 4.74 Å². The third-order valence-corrected chi connectivity index (χ3v) is 5.51. The lowest BCUT2D eigenvalue weighted by molar-refractivity contribution is -0.384. The van der Waals surface area contributed by atoms with Crippen molar-refractivity contribution in [3.8, 4) is 0 Å². The summed E-state index contributed by atoms with van der Waals surface area (Å²) in [4.78, 5) is 52.2. The van der Waals surface area contributed by atoms with Gasteiger partial charge in [0.1, 0.15) is 12.3 Å². The topological polar surface area (TPSA) is 122 Å². The van der Waals surface area contributed by atoms with Crippen LogP contribution in [-0.2, 0) is 4.74 Å². The van der Waals surface area contributed by atoms with Gasteiger partial charge in [-0.15, -0.1) is 0 Å². The lowest BCUT2D eigenvalue weighted by Crippen LogP contribution is -2.23. The molecule has 0 unspecified atom stereocenters. The van der Waals surface area contributed by atoms with Crippen molar-refractivity contribution < 1.29 is 24.0 Å². The molecule has 0 spiro atoms. The Hall–Kier alpha value is -4.73. The van der Waals surface area contributed by atoms with Crippen LogP contribution in [0.25, 0.3) is 0 Å². The molecule has 0 aliphatic carbocycles. The summed E-state index contributed by atoms with van der Waals surface area (Å²) in [6, 6.07) is 17.2. The quantitative estimate of drug-likeness (QED) is 0.311. The standard InChI is InChI=1S/C25H22N4O6/c1-27(2)21-11-10-16(14-22(21)29(33)34)23(30)19-8-3-4-9-20(19)24(31)26-17-6-5-7-18(15-17)28-12-13-35-25(28)32/h3-11,14-15H,12-13H2,1-2H3,(H,26,31). The molecule has 1 N–H and O–H groups in total. The molecule has 3 aromatic carbocycles. The molecule has 0 radical (unpaired) electrons. The Balaban J connectivity index is 1.62. The fourth-order valence-electron chi connectivity index (χ4n) is 3.80. The van der Waals surface area contributed by atoms with Crippen LogP contribution in [0.3, 0.4) is 0 Å². The summed E-state index contributed by atoms with van der Waals surface area (Å²) in [5.74, 6) is -1.05. The number of nitrogens with zero attached hydrogens (tertiary/aromatic N) is 3. The summed E-state index contributed by atoms with van der Waals surface area (Å²) in [5, 5.41) is 14.3. The number of benzene rings is 3. The van der Waals surface area contributed by atoms with Crippen molar-refractivity contribution in [2.24, 2.45) is 0 Å². The summed E-state index contributed by atoms with van der Waals surface area (Å²) in [6.07, 6.45) is -0.459. The van der Waals surface area contributed by atoms with Crippen molar-refractivity contribution in [1.29, 1.82) is 0 Å². The third-order valence-electron chi connectivity index (χ3n) is 5.51. The van der Waals surface area contributed by atoms with Crippen LogP contribution in [0, 0.1) is 10.1 Å². The molecule has 178 valence electrons. The maximum atomic E-state index is 13.3. The summed E-state index contributed by atoms with van der Waals surface area (Å²) in [5.41, 5.74) is 1.47. The molecule has 1 saturated heterocycles. The first-order valence-electron chi connectivity index (χ1n) is 10.7. The largest absolute Gasteiger partial charge is 0.447 e. The van der Waals surface area contributed by atoms with Gasteiger partial charge in [-0.25, -0.2) is 4.79 Å². The number of anilines is 3. The number of nitro groups is 1. The highest BCUT2D eigenvalue weighted by molar-refractivity contribution is 6.18. The van der Waals surface area contributed by atoms with Gasteiger partial charge in [0.25, 0.3) is 11.6 Å². The van der Waals surface area contributed by atoms with Crippen LogP contribution in [0.1, 0.15) is 26.3 Å². The second kappa shape index (κ2) is 9.64. The predicted octanol–water partition coefficient (Wildman–Crippen LogP) is 4.10. The second-order valence-electron chi connectivity index (χ2n) is 8.00. The van der Waals surface area contributed by atoms with Gasteiger partial charge in [-0.05, 0) is 36.4 Å². The Labute approximate surface area is 200 Å². The number of hydrogen-bond donors (Lipinski definition) is 1. The molecule has 10 nitrogen and oxygen atoms in total. The average molecular weight is 474 g/mol. The van der Waals surface area contributed by atoms with Crippen LogP contribution in [0.4, 0.5) is 27.5 Å². The monoisotopic (exact) mass is 474 g/mol. The van der Waals surface area contributed by atoms with Crippen molar-refractivity contribution >= 4 is 40.5 Å². The molecule has 1 aliphatic heterocycles. The van der Waals surface area contributed by atoms with Crippen LogP contribution in [-0.4, -0.2) is 50.0 Å². The van der Waals surface area contributed by atoms with Crippen LogP contribution in [0.2, 0.25) is 0 Å². The zero-order valence-electron chi connectivity index (χ0n) is 19.1. The number of rotatable bonds is 7. The van der Waals surface area contributed by atoms with E-state index in [0.717, 1.165) is 0 Å². The molecule has 0 atom stereocenters. The second-order valence-corrected chi connectivity index (χ2v) is 8.00. The van der Waals surface area contributed by atoms with E-state index in [1.54, 1.807) is 55.4 Å². The van der Waals surface area contributed by atoms with Crippen LogP contribution >= 0.6 is 0 Å². The summed E-state index contributed by atoms with van der Waals surface area (Å²) in [6.45, 7) is 0.699. The zero-order chi connectivity index (χ0) is 25.1. The van der Waals surface area contributed by atoms with E-state index < -0.39 is 22.7 Å². The minimum absolute atomic E-state index is 0.0945. The van der Waals surface area contributed by atoms with Gasteiger partial charge in [0.05, 0.1) is 17.0 Å². The van der Waals surface area contributed by atoms with Crippen LogP contribution in [0.15, 0.2) is 66.7 Å². The van der Waals surface area contributed by atoms with E-state index in [2.05, 4.69) is 5.32 Å². The molecule has 3 aromatic rings. The Kier molecular flexibility index (Phi) is 6.45. The molecule has 0 saturated carbocycles. The summed E-state index contributed by atoms with van der Waals surface area (Å²) in [7, 11) is 3.34. The number of amides is 2. The third kappa shape index (κ3) is 4.81. The number of carbonyl (C=O) groups excluding carboxylic acids is 3. The highest BCUT2D eigenvalue weighted by Crippen LogP contribution is 2.29. The number of cyclic esters (lactones) is 1. The van der Waals surface area contributed by atoms with Gasteiger partial charge in [0.15, 0.2) is 5.78 Å². The van der Waals surface area contributed by atoms with Gasteiger partial charge < -0.3 is 15.0 Å². The SMILES string of the molecule is CN(C)c1ccc(C(=O)c2ccccc2C(=O)Nc2cccc(N3CCOC3=O)c2)cc1[N+](=O)[O-]. The van der Waals surface area contributed by atoms with Crippen molar-refractivity contribution in [3.05, 3.63) is 93.5 Å². The van der Waals surface area contributed by atoms with Crippen molar-refractivity contribution in [2.75, 3.05) is 42.4 Å². The molecule has 1 heterocycles. The summed E-state index contributed by atoms with van der Waals surface area (Å²) < 4.78 is 4.96. The molecule has 0 bridgehead atoms. The Morgan fingerprint density at radius 2 is 1.77 bits per heavy atom. The summed E-state index contributed by atoms with van der Waals surface area (Å²) >= 11 is 0. The van der Waals surface area contributed by atoms with E-state index in [9.17, 15) is 24.5 Å². The molecule has 2 amide bonds. The molecule has 0 aromatic heterocycles. The zero-order valence-corrected chi connectivity index (χ0v) is 19.1. The molecule has 4 rings (SSSR count). The van der Waals surface area contributed by atoms with Crippen LogP contribution in [0.5, 0.6) is 0 Å². The normalized spacial score (nSPS) is 12.7. The fraction of sp³-hybridized carbons (Fsp3) is 0.160. The van der Waals surface area contributed by atoms with Gasteiger partial charge >= 0.3 is 6.09 Å². The van der Waals surface area contributed by atoms with Gasteiger partial charge in [-0.1, -0.05) is 24.3 Å². The fourth-order valence-corrected chi connectivity index (χ4v) is 3.80. The lowest BCUT2D eigenvalue weighted by Gasteiger charge is -2.15. The highest BCUT2D eigenvalue weighted by Gasteiger charge is 2.25. The Bertz CT molecular complexity index is 1340. The van der Waals surface area contributed by atoms with Crippen LogP contribution < -0.4 is 15.1 Å². The predicted molar refractivity (Wildman–Crippen MR) is 130 cm³/mol. The maximum Gasteiger partial charge on any atom is 0.414 e. The number of carbonyl (C=O) groups is 3. The lowest BCUT2D eigenvalue weighted by atomic mass is 9.97. The van der Waals surface area contributed by atoms with E-state index in [1.165, 1.54) is 35.2 Å². The molecule has 10 heteroatoms. The van der Waals surface area contributed by atoms with Gasteiger partial charge in [0, 0.05) is 42.7 Å². The molecular weight excluding hydrogens is 452 g/mol. The molecular formula is C25H22N4O6.